The Morgan fingerprint density at radius 2 is 0.551 bits per heavy atom. The van der Waals surface area contributed by atoms with Crippen LogP contribution in [-0.4, -0.2) is 18.3 Å². The summed E-state index contributed by atoms with van der Waals surface area (Å²) in [6, 6.07) is 115. The molecule has 89 heavy (non-hydrogen) atoms. The fourth-order valence-corrected chi connectivity index (χ4v) is 14.7. The van der Waals surface area contributed by atoms with Crippen LogP contribution in [0.4, 0.5) is 0 Å². The number of hydrogen-bond donors (Lipinski definition) is 0. The van der Waals surface area contributed by atoms with E-state index in [0.29, 0.717) is 0 Å². The molecule has 0 saturated carbocycles. The molecule has 0 bridgehead atoms. The molecule has 0 amide bonds. The van der Waals surface area contributed by atoms with E-state index < -0.39 is 0 Å². The Bertz CT molecular complexity index is 6070. The second kappa shape index (κ2) is 19.3. The second-order valence-corrected chi connectivity index (χ2v) is 23.6. The van der Waals surface area contributed by atoms with Crippen molar-refractivity contribution in [2.24, 2.45) is 0 Å². The maximum Gasteiger partial charge on any atom is 0.143 e. The van der Waals surface area contributed by atoms with Gasteiger partial charge in [-0.1, -0.05) is 194 Å². The van der Waals surface area contributed by atoms with Gasteiger partial charge in [-0.2, -0.15) is 0 Å². The van der Waals surface area contributed by atoms with Crippen LogP contribution < -0.4 is 0 Å². The highest BCUT2D eigenvalue weighted by Crippen LogP contribution is 2.44. The lowest BCUT2D eigenvalue weighted by Crippen LogP contribution is -1.95. The molecular weight excluding hydrogens is 1080 g/mol. The average molecular weight is 1130 g/mol. The number of furan rings is 1. The van der Waals surface area contributed by atoms with E-state index in [0.717, 1.165) is 83.4 Å². The lowest BCUT2D eigenvalue weighted by Gasteiger charge is -2.12. The lowest BCUT2D eigenvalue weighted by atomic mass is 9.97. The van der Waals surface area contributed by atoms with Gasteiger partial charge in [-0.15, -0.1) is 0 Å². The van der Waals surface area contributed by atoms with E-state index in [1.165, 1.54) is 93.0 Å². The minimum absolute atomic E-state index is 0.856. The molecule has 414 valence electrons. The molecule has 5 nitrogen and oxygen atoms in total. The van der Waals surface area contributed by atoms with Crippen LogP contribution in [0.15, 0.2) is 320 Å². The van der Waals surface area contributed by atoms with Gasteiger partial charge in [0.05, 0.1) is 44.1 Å². The third kappa shape index (κ3) is 7.56. The third-order valence-corrected chi connectivity index (χ3v) is 18.7. The number of rotatable bonds is 8. The monoisotopic (exact) mass is 1130 g/mol. The molecule has 0 fully saturated rings. The zero-order valence-corrected chi connectivity index (χ0v) is 48.2. The predicted molar refractivity (Wildman–Crippen MR) is 373 cm³/mol. The quantitative estimate of drug-likeness (QED) is 0.149. The van der Waals surface area contributed by atoms with Crippen molar-refractivity contribution in [1.29, 1.82) is 0 Å². The van der Waals surface area contributed by atoms with Crippen molar-refractivity contribution in [3.63, 3.8) is 0 Å². The van der Waals surface area contributed by atoms with Gasteiger partial charge >= 0.3 is 0 Å². The lowest BCUT2D eigenvalue weighted by molar-refractivity contribution is 0.670. The van der Waals surface area contributed by atoms with Gasteiger partial charge in [0.25, 0.3) is 0 Å². The number of hydrogen-bond acceptors (Lipinski definition) is 1. The van der Waals surface area contributed by atoms with E-state index in [4.69, 9.17) is 4.42 Å². The molecule has 0 aliphatic heterocycles. The van der Waals surface area contributed by atoms with E-state index in [1.54, 1.807) is 0 Å². The molecule has 19 rings (SSSR count). The first-order valence-corrected chi connectivity index (χ1v) is 30.5. The van der Waals surface area contributed by atoms with E-state index in [1.807, 2.05) is 0 Å². The van der Waals surface area contributed by atoms with Gasteiger partial charge in [-0.05, 0) is 160 Å². The molecule has 5 heteroatoms. The minimum Gasteiger partial charge on any atom is -0.455 e. The van der Waals surface area contributed by atoms with Crippen molar-refractivity contribution in [3.05, 3.63) is 315 Å². The number of benzene rings is 14. The van der Waals surface area contributed by atoms with E-state index in [2.05, 4.69) is 334 Å². The molecule has 0 atom stereocenters. The van der Waals surface area contributed by atoms with Crippen LogP contribution >= 0.6 is 0 Å². The zero-order valence-electron chi connectivity index (χ0n) is 48.2. The highest BCUT2D eigenvalue weighted by Gasteiger charge is 2.21. The van der Waals surface area contributed by atoms with Gasteiger partial charge in [-0.3, -0.25) is 0 Å². The van der Waals surface area contributed by atoms with Crippen molar-refractivity contribution in [1.82, 2.24) is 18.3 Å². The average Bonchev–Trinajstić information content (AvgIpc) is 1.73. The van der Waals surface area contributed by atoms with Crippen molar-refractivity contribution < 1.29 is 4.42 Å². The summed E-state index contributed by atoms with van der Waals surface area (Å²) in [7, 11) is 0. The van der Waals surface area contributed by atoms with Crippen LogP contribution in [0.2, 0.25) is 0 Å². The standard InChI is InChI=1S/C84H52N4O/c1-2-22-60(23-3-1)85-78-36-12-7-29-68(78)72-49-57(39-43-80(72)85)54-19-14-18-53(46-54)55-20-15-25-62(47-55)88-77-35-11-6-28-67(77)70-42-38-59(51-82(70)88)64-31-17-32-71-74-52-63(41-45-83(74)89-84(64)71)87-79-37-13-8-30-69(79)73-50-58(40-44-81(73)87)56-21-16-24-61(48-56)86-75-33-9-4-26-65(75)66-27-5-10-34-76(66)86/h1-52H. The summed E-state index contributed by atoms with van der Waals surface area (Å²) < 4.78 is 16.6. The summed E-state index contributed by atoms with van der Waals surface area (Å²) >= 11 is 0. The van der Waals surface area contributed by atoms with Gasteiger partial charge in [0.15, 0.2) is 0 Å². The molecule has 19 aromatic rings. The molecule has 0 spiro atoms. The second-order valence-electron chi connectivity index (χ2n) is 23.6. The Morgan fingerprint density at radius 3 is 1.09 bits per heavy atom. The first-order valence-electron chi connectivity index (χ1n) is 30.5. The first kappa shape index (κ1) is 49.4. The van der Waals surface area contributed by atoms with Crippen LogP contribution in [-0.2, 0) is 0 Å². The van der Waals surface area contributed by atoms with Gasteiger partial charge in [0.1, 0.15) is 11.2 Å². The van der Waals surface area contributed by atoms with E-state index >= 15 is 0 Å². The van der Waals surface area contributed by atoms with E-state index in [9.17, 15) is 0 Å². The summed E-state index contributed by atoms with van der Waals surface area (Å²) in [5.41, 5.74) is 24.8. The Hall–Kier alpha value is -11.9. The largest absolute Gasteiger partial charge is 0.455 e. The Kier molecular flexibility index (Phi) is 10.7. The topological polar surface area (TPSA) is 32.9 Å². The molecule has 0 aliphatic rings. The number of fused-ring (bicyclic) bond motifs is 15. The smallest absolute Gasteiger partial charge is 0.143 e. The van der Waals surface area contributed by atoms with Gasteiger partial charge < -0.3 is 22.7 Å². The Morgan fingerprint density at radius 1 is 0.180 bits per heavy atom. The predicted octanol–water partition coefficient (Wildman–Crippen LogP) is 22.6. The molecule has 14 aromatic carbocycles. The Balaban J connectivity index is 0.682. The molecule has 0 unspecified atom stereocenters. The van der Waals surface area contributed by atoms with Crippen LogP contribution in [0.25, 0.3) is 176 Å². The van der Waals surface area contributed by atoms with E-state index in [-0.39, 0.29) is 0 Å². The fraction of sp³-hybridized carbons (Fsp3) is 0. The molecule has 5 heterocycles. The number of nitrogens with zero attached hydrogens (tertiary/aromatic N) is 4. The molecule has 0 saturated heterocycles. The van der Waals surface area contributed by atoms with Crippen molar-refractivity contribution >= 4 is 109 Å². The highest BCUT2D eigenvalue weighted by atomic mass is 16.3. The number of para-hydroxylation sites is 7. The summed E-state index contributed by atoms with van der Waals surface area (Å²) in [4.78, 5) is 0. The molecule has 0 N–H and O–H groups in total. The maximum absolute atomic E-state index is 6.97. The van der Waals surface area contributed by atoms with Crippen molar-refractivity contribution in [3.8, 4) is 67.3 Å². The minimum atomic E-state index is 0.856. The van der Waals surface area contributed by atoms with Crippen LogP contribution in [0, 0.1) is 0 Å². The SMILES string of the molecule is c1ccc(-n2c3ccccc3c3cc(-c4cccc(-c5cccc(-n6c7ccccc7c7ccc(-c8cccc9c8oc8ccc(-n%10c%11ccccc%11c%11cc(-c%12cccc(-n%13c%14ccccc%14c%14ccccc%14%13)c%12)ccc%11%10)cc89)cc76)c5)c4)ccc32)cc1. The summed E-state index contributed by atoms with van der Waals surface area (Å²) in [6.45, 7) is 0. The van der Waals surface area contributed by atoms with Crippen molar-refractivity contribution in [2.75, 3.05) is 0 Å². The maximum atomic E-state index is 6.97. The summed E-state index contributed by atoms with van der Waals surface area (Å²) in [5, 5.41) is 12.0. The van der Waals surface area contributed by atoms with Crippen LogP contribution in [0.3, 0.4) is 0 Å². The normalized spacial score (nSPS) is 12.0. The summed E-state index contributed by atoms with van der Waals surface area (Å²) in [5.74, 6) is 0. The van der Waals surface area contributed by atoms with Gasteiger partial charge in [0.2, 0.25) is 0 Å². The molecule has 0 radical (unpaired) electrons. The fourth-order valence-electron chi connectivity index (χ4n) is 14.7. The highest BCUT2D eigenvalue weighted by molar-refractivity contribution is 6.16. The molecular formula is C84H52N4O. The van der Waals surface area contributed by atoms with Crippen LogP contribution in [0.1, 0.15) is 0 Å². The zero-order chi connectivity index (χ0) is 58.3. The first-order chi connectivity index (χ1) is 44.1. The number of aromatic nitrogens is 4. The molecule has 5 aromatic heterocycles. The van der Waals surface area contributed by atoms with Gasteiger partial charge in [-0.25, -0.2) is 0 Å². The Labute approximate surface area is 511 Å². The third-order valence-electron chi connectivity index (χ3n) is 18.7. The van der Waals surface area contributed by atoms with Crippen LogP contribution in [0.5, 0.6) is 0 Å². The van der Waals surface area contributed by atoms with Crippen molar-refractivity contribution in [2.45, 2.75) is 0 Å². The van der Waals surface area contributed by atoms with Gasteiger partial charge in [0, 0.05) is 82.2 Å². The summed E-state index contributed by atoms with van der Waals surface area (Å²) in [6.07, 6.45) is 0. The molecule has 0 aliphatic carbocycles.